The van der Waals surface area contributed by atoms with Crippen molar-refractivity contribution in [1.29, 1.82) is 0 Å². The highest BCUT2D eigenvalue weighted by Gasteiger charge is 2.09. The molecule has 0 bridgehead atoms. The van der Waals surface area contributed by atoms with Crippen LogP contribution in [0.2, 0.25) is 0 Å². The third-order valence-corrected chi connectivity index (χ3v) is 5.72. The molecule has 0 saturated carbocycles. The first kappa shape index (κ1) is 14.8. The Balaban J connectivity index is 1.94. The lowest BCUT2D eigenvalue weighted by Crippen LogP contribution is -2.09. The Hall–Kier alpha value is -2.17. The smallest absolute Gasteiger partial charge is 0.0157 e. The molecule has 0 N–H and O–H groups in total. The van der Waals surface area contributed by atoms with Gasteiger partial charge in [-0.15, -0.1) is 0 Å². The normalized spacial score (nSPS) is 11.2. The Morgan fingerprint density at radius 1 is 0.636 bits per heavy atom. The van der Waals surface area contributed by atoms with Crippen LogP contribution >= 0.6 is 7.92 Å². The second-order valence-electron chi connectivity index (χ2n) is 5.27. The van der Waals surface area contributed by atoms with Crippen molar-refractivity contribution in [3.63, 3.8) is 0 Å². The first-order valence-electron chi connectivity index (χ1n) is 7.47. The van der Waals surface area contributed by atoms with Crippen LogP contribution in [-0.2, 0) is 0 Å². The van der Waals surface area contributed by atoms with Gasteiger partial charge in [-0.1, -0.05) is 102 Å². The fourth-order valence-corrected chi connectivity index (χ4v) is 4.29. The van der Waals surface area contributed by atoms with E-state index in [1.807, 2.05) is 0 Å². The predicted molar refractivity (Wildman–Crippen MR) is 99.3 cm³/mol. The molecule has 0 saturated heterocycles. The van der Waals surface area contributed by atoms with Crippen molar-refractivity contribution in [3.05, 3.63) is 102 Å². The summed E-state index contributed by atoms with van der Waals surface area (Å²) in [6.07, 6.45) is 2.24. The Morgan fingerprint density at radius 3 is 1.64 bits per heavy atom. The number of hydrogen-bond donors (Lipinski definition) is 0. The van der Waals surface area contributed by atoms with Gasteiger partial charge in [-0.2, -0.15) is 0 Å². The highest BCUT2D eigenvalue weighted by atomic mass is 31.1. The minimum atomic E-state index is -0.463. The first-order chi connectivity index (χ1) is 10.8. The highest BCUT2D eigenvalue weighted by molar-refractivity contribution is 7.75. The van der Waals surface area contributed by atoms with Crippen LogP contribution in [0.1, 0.15) is 11.1 Å². The van der Waals surface area contributed by atoms with Crippen LogP contribution in [0.4, 0.5) is 0 Å². The highest BCUT2D eigenvalue weighted by Crippen LogP contribution is 2.35. The average Bonchev–Trinajstić information content (AvgIpc) is 2.59. The van der Waals surface area contributed by atoms with Crippen LogP contribution in [0.3, 0.4) is 0 Å². The summed E-state index contributed by atoms with van der Waals surface area (Å²) < 4.78 is 0. The molecule has 0 aliphatic rings. The van der Waals surface area contributed by atoms with Crippen molar-refractivity contribution in [2.24, 2.45) is 0 Å². The van der Waals surface area contributed by atoms with Crippen molar-refractivity contribution in [2.75, 3.05) is 0 Å². The molecule has 3 aromatic rings. The fraction of sp³-hybridized carbons (Fsp3) is 0.0476. The Labute approximate surface area is 133 Å². The molecule has 0 nitrogen and oxygen atoms in total. The van der Waals surface area contributed by atoms with Gasteiger partial charge in [0.2, 0.25) is 0 Å². The van der Waals surface area contributed by atoms with Gasteiger partial charge in [0.15, 0.2) is 0 Å². The molecular weight excluding hydrogens is 283 g/mol. The molecule has 22 heavy (non-hydrogen) atoms. The van der Waals surface area contributed by atoms with Gasteiger partial charge < -0.3 is 0 Å². The average molecular weight is 302 g/mol. The van der Waals surface area contributed by atoms with Gasteiger partial charge in [0.1, 0.15) is 0 Å². The zero-order chi connectivity index (χ0) is 15.2. The van der Waals surface area contributed by atoms with Gasteiger partial charge in [0, 0.05) is 0 Å². The van der Waals surface area contributed by atoms with Crippen molar-refractivity contribution >= 4 is 24.6 Å². The maximum atomic E-state index is 2.35. The quantitative estimate of drug-likeness (QED) is 0.588. The third-order valence-electron chi connectivity index (χ3n) is 3.56. The van der Waals surface area contributed by atoms with Crippen molar-refractivity contribution in [3.8, 4) is 0 Å². The fourth-order valence-electron chi connectivity index (χ4n) is 2.34. The summed E-state index contributed by atoms with van der Waals surface area (Å²) in [7, 11) is -0.463. The molecule has 0 atom stereocenters. The standard InChI is InChI=1S/C21H19P/c1-18-12-14-19(15-13-18)16-17-22(20-8-4-2-5-9-20)21-10-6-3-7-11-21/h2-17H,1H3/b17-16+. The molecule has 0 radical (unpaired) electrons. The molecule has 0 aliphatic heterocycles. The zero-order valence-corrected chi connectivity index (χ0v) is 13.6. The summed E-state index contributed by atoms with van der Waals surface area (Å²) in [6.45, 7) is 2.12. The third kappa shape index (κ3) is 3.72. The van der Waals surface area contributed by atoms with E-state index in [-0.39, 0.29) is 0 Å². The maximum Gasteiger partial charge on any atom is -0.0157 e. The number of hydrogen-bond acceptors (Lipinski definition) is 0. The van der Waals surface area contributed by atoms with E-state index in [1.54, 1.807) is 0 Å². The molecule has 108 valence electrons. The van der Waals surface area contributed by atoms with Crippen molar-refractivity contribution < 1.29 is 0 Å². The van der Waals surface area contributed by atoms with Crippen LogP contribution in [0.5, 0.6) is 0 Å². The molecule has 1 heteroatoms. The molecule has 0 heterocycles. The van der Waals surface area contributed by atoms with Crippen LogP contribution in [-0.4, -0.2) is 0 Å². The maximum absolute atomic E-state index is 2.35. The Kier molecular flexibility index (Phi) is 4.83. The number of benzene rings is 3. The Morgan fingerprint density at radius 2 is 1.14 bits per heavy atom. The summed E-state index contributed by atoms with van der Waals surface area (Å²) in [5, 5.41) is 2.76. The van der Waals surface area contributed by atoms with E-state index in [9.17, 15) is 0 Å². The predicted octanol–water partition coefficient (Wildman–Crippen LogP) is 5.10. The van der Waals surface area contributed by atoms with Gasteiger partial charge >= 0.3 is 0 Å². The van der Waals surface area contributed by atoms with E-state index in [4.69, 9.17) is 0 Å². The van der Waals surface area contributed by atoms with Gasteiger partial charge in [-0.3, -0.25) is 0 Å². The molecule has 3 rings (SSSR count). The van der Waals surface area contributed by atoms with E-state index in [1.165, 1.54) is 21.7 Å². The zero-order valence-electron chi connectivity index (χ0n) is 12.7. The lowest BCUT2D eigenvalue weighted by atomic mass is 10.2. The summed E-state index contributed by atoms with van der Waals surface area (Å²) in [4.78, 5) is 0. The van der Waals surface area contributed by atoms with Crippen LogP contribution in [0.25, 0.3) is 6.08 Å². The van der Waals surface area contributed by atoms with E-state index < -0.39 is 7.92 Å². The van der Waals surface area contributed by atoms with Crippen molar-refractivity contribution in [2.45, 2.75) is 6.92 Å². The van der Waals surface area contributed by atoms with Crippen molar-refractivity contribution in [1.82, 2.24) is 0 Å². The first-order valence-corrected chi connectivity index (χ1v) is 8.88. The summed E-state index contributed by atoms with van der Waals surface area (Å²) in [5.74, 6) is 2.35. The van der Waals surface area contributed by atoms with E-state index in [2.05, 4.69) is 104 Å². The minimum absolute atomic E-state index is 0.463. The van der Waals surface area contributed by atoms with Gasteiger partial charge in [0.25, 0.3) is 0 Å². The molecular formula is C21H19P. The monoisotopic (exact) mass is 302 g/mol. The molecule has 0 amide bonds. The molecule has 0 aromatic heterocycles. The lowest BCUT2D eigenvalue weighted by Gasteiger charge is -2.14. The van der Waals surface area contributed by atoms with Gasteiger partial charge in [-0.25, -0.2) is 0 Å². The number of rotatable bonds is 4. The molecule has 3 aromatic carbocycles. The van der Waals surface area contributed by atoms with E-state index in [0.717, 1.165) is 0 Å². The van der Waals surface area contributed by atoms with Crippen LogP contribution in [0.15, 0.2) is 90.7 Å². The molecule has 0 unspecified atom stereocenters. The van der Waals surface area contributed by atoms with E-state index >= 15 is 0 Å². The molecule has 0 aliphatic carbocycles. The van der Waals surface area contributed by atoms with Crippen LogP contribution < -0.4 is 10.6 Å². The Bertz CT molecular complexity index is 688. The van der Waals surface area contributed by atoms with E-state index in [0.29, 0.717) is 0 Å². The van der Waals surface area contributed by atoms with Gasteiger partial charge in [-0.05, 0) is 31.0 Å². The summed E-state index contributed by atoms with van der Waals surface area (Å²) in [6, 6.07) is 30.2. The second-order valence-corrected chi connectivity index (χ2v) is 7.34. The lowest BCUT2D eigenvalue weighted by molar-refractivity contribution is 1.46. The summed E-state index contributed by atoms with van der Waals surface area (Å²) >= 11 is 0. The molecule has 0 fully saturated rings. The summed E-state index contributed by atoms with van der Waals surface area (Å²) in [5.41, 5.74) is 2.55. The minimum Gasteiger partial charge on any atom is -0.0622 e. The number of aryl methyl sites for hydroxylation is 1. The SMILES string of the molecule is Cc1ccc(/C=C/P(c2ccccc2)c2ccccc2)cc1. The largest absolute Gasteiger partial charge is 0.0622 e. The van der Waals surface area contributed by atoms with Crippen LogP contribution in [0, 0.1) is 6.92 Å². The van der Waals surface area contributed by atoms with Gasteiger partial charge in [0.05, 0.1) is 0 Å². The topological polar surface area (TPSA) is 0 Å². The second kappa shape index (κ2) is 7.20. The molecule has 0 spiro atoms.